The fraction of sp³-hybridized carbons (Fsp3) is 0.583. The zero-order valence-corrected chi connectivity index (χ0v) is 10.6. The Morgan fingerprint density at radius 2 is 2.33 bits per heavy atom. The highest BCUT2D eigenvalue weighted by Gasteiger charge is 2.25. The lowest BCUT2D eigenvalue weighted by atomic mass is 10.3. The average Bonchev–Trinajstić information content (AvgIpc) is 3.16. The molecule has 1 atom stereocenters. The summed E-state index contributed by atoms with van der Waals surface area (Å²) in [4.78, 5) is 27.7. The van der Waals surface area contributed by atoms with Crippen LogP contribution in [0, 0.1) is 0 Å². The molecule has 2 N–H and O–H groups in total. The van der Waals surface area contributed by atoms with E-state index < -0.39 is 6.04 Å². The number of likely N-dealkylation sites (N-methyl/N-ethyl adjacent to an activating group) is 1. The predicted octanol–water partition coefficient (Wildman–Crippen LogP) is 0.515. The summed E-state index contributed by atoms with van der Waals surface area (Å²) in [6, 6.07) is -0.166. The maximum Gasteiger partial charge on any atom is 0.293 e. The van der Waals surface area contributed by atoms with Gasteiger partial charge < -0.3 is 15.2 Å². The molecule has 98 valence electrons. The molecule has 0 bridgehead atoms. The van der Waals surface area contributed by atoms with Crippen LogP contribution in [0.15, 0.2) is 17.2 Å². The fourth-order valence-electron chi connectivity index (χ4n) is 1.76. The van der Waals surface area contributed by atoms with Crippen molar-refractivity contribution in [3.05, 3.63) is 22.7 Å². The van der Waals surface area contributed by atoms with E-state index in [2.05, 4.69) is 15.6 Å². The van der Waals surface area contributed by atoms with Gasteiger partial charge in [0.25, 0.3) is 5.56 Å². The smallest absolute Gasteiger partial charge is 0.293 e. The first-order valence-corrected chi connectivity index (χ1v) is 6.25. The first-order valence-electron chi connectivity index (χ1n) is 6.25. The third-order valence-corrected chi connectivity index (χ3v) is 2.91. The molecule has 1 aliphatic carbocycles. The van der Waals surface area contributed by atoms with Gasteiger partial charge in [0.05, 0.1) is 0 Å². The second-order valence-electron chi connectivity index (χ2n) is 4.48. The van der Waals surface area contributed by atoms with Gasteiger partial charge in [0, 0.05) is 25.0 Å². The lowest BCUT2D eigenvalue weighted by Crippen LogP contribution is -2.39. The van der Waals surface area contributed by atoms with Gasteiger partial charge in [0.1, 0.15) is 6.04 Å². The van der Waals surface area contributed by atoms with Gasteiger partial charge in [0.2, 0.25) is 5.91 Å². The molecule has 1 amide bonds. The van der Waals surface area contributed by atoms with Gasteiger partial charge in [-0.3, -0.25) is 9.59 Å². The van der Waals surface area contributed by atoms with Gasteiger partial charge in [-0.25, -0.2) is 4.98 Å². The third kappa shape index (κ3) is 2.69. The van der Waals surface area contributed by atoms with Crippen molar-refractivity contribution in [1.82, 2.24) is 14.9 Å². The quantitative estimate of drug-likeness (QED) is 0.798. The van der Waals surface area contributed by atoms with Crippen molar-refractivity contribution in [3.63, 3.8) is 0 Å². The Morgan fingerprint density at radius 3 is 2.94 bits per heavy atom. The summed E-state index contributed by atoms with van der Waals surface area (Å²) in [6.45, 7) is 4.13. The molecule has 0 saturated heterocycles. The Bertz CT molecular complexity index is 493. The molecule has 0 aromatic carbocycles. The fourth-order valence-corrected chi connectivity index (χ4v) is 1.76. The van der Waals surface area contributed by atoms with Crippen LogP contribution < -0.4 is 16.2 Å². The van der Waals surface area contributed by atoms with Crippen LogP contribution >= 0.6 is 0 Å². The van der Waals surface area contributed by atoms with Gasteiger partial charge in [-0.2, -0.15) is 0 Å². The van der Waals surface area contributed by atoms with Crippen LogP contribution in [0.2, 0.25) is 0 Å². The number of carbonyl (C=O) groups is 1. The maximum absolute atomic E-state index is 12.1. The van der Waals surface area contributed by atoms with Crippen molar-refractivity contribution in [1.29, 1.82) is 0 Å². The first kappa shape index (κ1) is 12.6. The van der Waals surface area contributed by atoms with Crippen LogP contribution in [0.3, 0.4) is 0 Å². The number of hydrogen-bond acceptors (Lipinski definition) is 4. The Hall–Kier alpha value is -1.85. The van der Waals surface area contributed by atoms with Crippen LogP contribution in [-0.4, -0.2) is 28.0 Å². The summed E-state index contributed by atoms with van der Waals surface area (Å²) >= 11 is 0. The number of hydrogen-bond donors (Lipinski definition) is 2. The van der Waals surface area contributed by atoms with E-state index in [4.69, 9.17) is 0 Å². The van der Waals surface area contributed by atoms with Crippen molar-refractivity contribution in [2.45, 2.75) is 38.8 Å². The summed E-state index contributed by atoms with van der Waals surface area (Å²) in [7, 11) is 0. The minimum Gasteiger partial charge on any atom is -0.355 e. The molecule has 2 rings (SSSR count). The lowest BCUT2D eigenvalue weighted by Gasteiger charge is -2.14. The molecule has 1 unspecified atom stereocenters. The molecular weight excluding hydrogens is 232 g/mol. The molecule has 1 aromatic heterocycles. The van der Waals surface area contributed by atoms with Crippen molar-refractivity contribution in [2.75, 3.05) is 11.9 Å². The minimum atomic E-state index is -0.472. The van der Waals surface area contributed by atoms with E-state index in [-0.39, 0.29) is 17.3 Å². The van der Waals surface area contributed by atoms with Crippen LogP contribution in [0.1, 0.15) is 32.7 Å². The molecule has 1 aliphatic rings. The summed E-state index contributed by atoms with van der Waals surface area (Å²) in [5.74, 6) is 0.101. The largest absolute Gasteiger partial charge is 0.355 e. The Labute approximate surface area is 105 Å². The minimum absolute atomic E-state index is 0.138. The number of anilines is 1. The maximum atomic E-state index is 12.1. The molecule has 1 aromatic rings. The Kier molecular flexibility index (Phi) is 3.64. The average molecular weight is 250 g/mol. The van der Waals surface area contributed by atoms with E-state index in [1.807, 2.05) is 6.92 Å². The molecule has 6 nitrogen and oxygen atoms in total. The summed E-state index contributed by atoms with van der Waals surface area (Å²) in [5, 5.41) is 5.56. The van der Waals surface area contributed by atoms with Crippen LogP contribution in [0.25, 0.3) is 0 Å². The molecule has 0 radical (unpaired) electrons. The first-order chi connectivity index (χ1) is 8.63. The van der Waals surface area contributed by atoms with Gasteiger partial charge in [0.15, 0.2) is 5.82 Å². The highest BCUT2D eigenvalue weighted by atomic mass is 16.2. The number of rotatable bonds is 5. The molecule has 1 saturated carbocycles. The standard InChI is InChI=1S/C12H18N4O2/c1-3-13-11(17)8(2)15-10-12(18)16(7-6-14-10)9-4-5-9/h6-9H,3-5H2,1-2H3,(H,13,17)(H,14,15). The number of amides is 1. The zero-order valence-electron chi connectivity index (χ0n) is 10.6. The number of nitrogens with zero attached hydrogens (tertiary/aromatic N) is 2. The molecule has 6 heteroatoms. The van der Waals surface area contributed by atoms with Gasteiger partial charge in [-0.1, -0.05) is 0 Å². The van der Waals surface area contributed by atoms with Crippen LogP contribution in [-0.2, 0) is 4.79 Å². The molecule has 1 heterocycles. The monoisotopic (exact) mass is 250 g/mol. The van der Waals surface area contributed by atoms with Gasteiger partial charge >= 0.3 is 0 Å². The van der Waals surface area contributed by atoms with E-state index in [9.17, 15) is 9.59 Å². The second-order valence-corrected chi connectivity index (χ2v) is 4.48. The number of aromatic nitrogens is 2. The van der Waals surface area contributed by atoms with E-state index in [1.165, 1.54) is 0 Å². The van der Waals surface area contributed by atoms with E-state index in [1.54, 1.807) is 23.9 Å². The Balaban J connectivity index is 2.11. The highest BCUT2D eigenvalue weighted by molar-refractivity contribution is 5.83. The zero-order chi connectivity index (χ0) is 13.1. The van der Waals surface area contributed by atoms with Gasteiger partial charge in [-0.15, -0.1) is 0 Å². The predicted molar refractivity (Wildman–Crippen MR) is 68.5 cm³/mol. The van der Waals surface area contributed by atoms with E-state index in [0.717, 1.165) is 12.8 Å². The van der Waals surface area contributed by atoms with Crippen LogP contribution in [0.5, 0.6) is 0 Å². The molecule has 0 spiro atoms. The normalized spacial score (nSPS) is 16.1. The van der Waals surface area contributed by atoms with Crippen molar-refractivity contribution >= 4 is 11.7 Å². The number of nitrogens with one attached hydrogen (secondary N) is 2. The summed E-state index contributed by atoms with van der Waals surface area (Å²) in [5.41, 5.74) is -0.156. The van der Waals surface area contributed by atoms with Crippen LogP contribution in [0.4, 0.5) is 5.82 Å². The third-order valence-electron chi connectivity index (χ3n) is 2.91. The molecule has 1 fully saturated rings. The van der Waals surface area contributed by atoms with Crippen molar-refractivity contribution in [3.8, 4) is 0 Å². The topological polar surface area (TPSA) is 76.0 Å². The molecule has 18 heavy (non-hydrogen) atoms. The molecule has 0 aliphatic heterocycles. The Morgan fingerprint density at radius 1 is 1.61 bits per heavy atom. The molecular formula is C12H18N4O2. The lowest BCUT2D eigenvalue weighted by molar-refractivity contribution is -0.121. The van der Waals surface area contributed by atoms with Crippen molar-refractivity contribution in [2.24, 2.45) is 0 Å². The van der Waals surface area contributed by atoms with Gasteiger partial charge in [-0.05, 0) is 26.7 Å². The van der Waals surface area contributed by atoms with E-state index in [0.29, 0.717) is 12.6 Å². The summed E-state index contributed by atoms with van der Waals surface area (Å²) in [6.07, 6.45) is 5.36. The summed E-state index contributed by atoms with van der Waals surface area (Å²) < 4.78 is 1.68. The SMILES string of the molecule is CCNC(=O)C(C)Nc1nccn(C2CC2)c1=O. The van der Waals surface area contributed by atoms with Crippen molar-refractivity contribution < 1.29 is 4.79 Å². The number of carbonyl (C=O) groups excluding carboxylic acids is 1. The second kappa shape index (κ2) is 5.20. The van der Waals surface area contributed by atoms with E-state index >= 15 is 0 Å². The highest BCUT2D eigenvalue weighted by Crippen LogP contribution is 2.33.